The van der Waals surface area contributed by atoms with Crippen molar-refractivity contribution >= 4 is 29.0 Å². The number of piperidine rings is 1. The molecule has 0 spiro atoms. The van der Waals surface area contributed by atoms with E-state index in [0.29, 0.717) is 39.9 Å². The Kier molecular flexibility index (Phi) is 6.70. The van der Waals surface area contributed by atoms with Crippen LogP contribution in [0.3, 0.4) is 0 Å². The number of halogens is 1. The molecule has 150 valence electrons. The average molecular weight is 403 g/mol. The molecule has 2 heterocycles. The molecule has 8 heteroatoms. The van der Waals surface area contributed by atoms with Crippen LogP contribution in [0.4, 0.5) is 0 Å². The Morgan fingerprint density at radius 3 is 2.96 bits per heavy atom. The molecule has 1 aromatic carbocycles. The van der Waals surface area contributed by atoms with Crippen molar-refractivity contribution in [2.45, 2.75) is 32.7 Å². The van der Waals surface area contributed by atoms with Crippen LogP contribution in [0.5, 0.6) is 5.75 Å². The van der Waals surface area contributed by atoms with Gasteiger partial charge < -0.3 is 25.7 Å². The van der Waals surface area contributed by atoms with Gasteiger partial charge in [0, 0.05) is 23.9 Å². The van der Waals surface area contributed by atoms with Crippen molar-refractivity contribution in [1.82, 2.24) is 15.5 Å². The summed E-state index contributed by atoms with van der Waals surface area (Å²) in [5.41, 5.74) is 2.44. The maximum Gasteiger partial charge on any atom is 0.221 e. The minimum Gasteiger partial charge on any atom is -0.497 e. The second-order valence-corrected chi connectivity index (χ2v) is 7.39. The lowest BCUT2D eigenvalue weighted by Crippen LogP contribution is -2.52. The first-order chi connectivity index (χ1) is 13.5. The number of nitrogens with zero attached hydrogens (tertiary/aromatic N) is 3. The summed E-state index contributed by atoms with van der Waals surface area (Å²) in [6.07, 6.45) is 3.99. The normalized spacial score (nSPS) is 21.6. The molecule has 0 amide bonds. The third-order valence-corrected chi connectivity index (χ3v) is 5.16. The molecule has 1 fully saturated rings. The largest absolute Gasteiger partial charge is 0.497 e. The van der Waals surface area contributed by atoms with E-state index in [9.17, 15) is 0 Å². The van der Waals surface area contributed by atoms with Crippen LogP contribution in [0.2, 0.25) is 5.02 Å². The fourth-order valence-electron chi connectivity index (χ4n) is 3.42. The molecule has 1 unspecified atom stereocenters. The SMILES string of the molecule is CCN1CCCC(NC2=NN=C(c3ccc(OC)cc3Cl)/C(=C/C(C)=N)N2)C1. The third kappa shape index (κ3) is 4.91. The summed E-state index contributed by atoms with van der Waals surface area (Å²) in [7, 11) is 1.60. The first kappa shape index (κ1) is 20.4. The monoisotopic (exact) mass is 402 g/mol. The number of hydrogen-bond donors (Lipinski definition) is 3. The average Bonchev–Trinajstić information content (AvgIpc) is 2.68. The Morgan fingerprint density at radius 1 is 1.46 bits per heavy atom. The molecule has 1 saturated heterocycles. The lowest BCUT2D eigenvalue weighted by molar-refractivity contribution is 0.209. The van der Waals surface area contributed by atoms with Crippen molar-refractivity contribution < 1.29 is 4.74 Å². The van der Waals surface area contributed by atoms with Crippen LogP contribution >= 0.6 is 11.6 Å². The molecule has 3 rings (SSSR count). The van der Waals surface area contributed by atoms with E-state index in [1.807, 2.05) is 12.1 Å². The number of rotatable bonds is 5. The van der Waals surface area contributed by atoms with E-state index in [0.717, 1.165) is 38.0 Å². The highest BCUT2D eigenvalue weighted by atomic mass is 35.5. The van der Waals surface area contributed by atoms with Gasteiger partial charge in [-0.05, 0) is 57.1 Å². The van der Waals surface area contributed by atoms with Gasteiger partial charge >= 0.3 is 0 Å². The second kappa shape index (κ2) is 9.21. The number of likely N-dealkylation sites (N-methyl/N-ethyl adjacent to an activating group) is 1. The van der Waals surface area contributed by atoms with E-state index >= 15 is 0 Å². The highest BCUT2D eigenvalue weighted by Gasteiger charge is 2.23. The number of likely N-dealkylation sites (tertiary alicyclic amines) is 1. The highest BCUT2D eigenvalue weighted by molar-refractivity contribution is 6.36. The Morgan fingerprint density at radius 2 is 2.29 bits per heavy atom. The molecule has 0 aromatic heterocycles. The van der Waals surface area contributed by atoms with Crippen LogP contribution in [0.25, 0.3) is 0 Å². The van der Waals surface area contributed by atoms with E-state index in [4.69, 9.17) is 21.7 Å². The predicted octanol–water partition coefficient (Wildman–Crippen LogP) is 3.01. The van der Waals surface area contributed by atoms with Crippen LogP contribution in [-0.2, 0) is 0 Å². The van der Waals surface area contributed by atoms with Crippen molar-refractivity contribution in [3.63, 3.8) is 0 Å². The summed E-state index contributed by atoms with van der Waals surface area (Å²) in [6, 6.07) is 5.75. The fourth-order valence-corrected chi connectivity index (χ4v) is 3.68. The summed E-state index contributed by atoms with van der Waals surface area (Å²) >= 11 is 6.43. The summed E-state index contributed by atoms with van der Waals surface area (Å²) in [5, 5.41) is 23.9. The number of benzene rings is 1. The zero-order chi connectivity index (χ0) is 20.1. The van der Waals surface area contributed by atoms with Crippen LogP contribution in [-0.4, -0.2) is 55.1 Å². The molecule has 1 atom stereocenters. The Balaban J connectivity index is 1.85. The van der Waals surface area contributed by atoms with Crippen LogP contribution in [0.1, 0.15) is 32.3 Å². The van der Waals surface area contributed by atoms with Gasteiger partial charge in [0.25, 0.3) is 0 Å². The topological polar surface area (TPSA) is 85.1 Å². The van der Waals surface area contributed by atoms with E-state index in [1.54, 1.807) is 26.2 Å². The van der Waals surface area contributed by atoms with Crippen molar-refractivity contribution in [2.24, 2.45) is 10.2 Å². The Bertz CT molecular complexity index is 832. The minimum absolute atomic E-state index is 0.323. The first-order valence-corrected chi connectivity index (χ1v) is 9.90. The number of methoxy groups -OCH3 is 1. The number of guanidine groups is 1. The summed E-state index contributed by atoms with van der Waals surface area (Å²) in [6.45, 7) is 7.09. The van der Waals surface area contributed by atoms with Crippen LogP contribution in [0.15, 0.2) is 40.2 Å². The summed E-state index contributed by atoms with van der Waals surface area (Å²) < 4.78 is 5.22. The number of nitrogens with one attached hydrogen (secondary N) is 3. The Labute approximate surface area is 171 Å². The van der Waals surface area contributed by atoms with E-state index in [2.05, 4.69) is 32.7 Å². The molecular weight excluding hydrogens is 376 g/mol. The van der Waals surface area contributed by atoms with Gasteiger partial charge in [0.05, 0.1) is 17.8 Å². The van der Waals surface area contributed by atoms with Gasteiger partial charge in [-0.1, -0.05) is 18.5 Å². The van der Waals surface area contributed by atoms with Gasteiger partial charge in [-0.15, -0.1) is 10.2 Å². The lowest BCUT2D eigenvalue weighted by Gasteiger charge is -2.33. The maximum absolute atomic E-state index is 7.88. The standard InChI is InChI=1S/C20H27ClN6O/c1-4-27-9-5-6-14(12-27)23-20-24-18(10-13(2)22)19(25-26-20)16-8-7-15(28-3)11-17(16)21/h7-8,10-11,14,22H,4-6,9,12H2,1-3H3,(H2,23,24,26)/b18-10-,22-13?. The first-order valence-electron chi connectivity index (χ1n) is 9.52. The van der Waals surface area contributed by atoms with Gasteiger partial charge in [-0.2, -0.15) is 0 Å². The molecule has 0 saturated carbocycles. The van der Waals surface area contributed by atoms with Gasteiger partial charge in [-0.25, -0.2) is 0 Å². The Hall–Kier alpha value is -2.38. The number of hydrogen-bond acceptors (Lipinski definition) is 7. The minimum atomic E-state index is 0.323. The number of allylic oxidation sites excluding steroid dienone is 2. The molecule has 0 aliphatic carbocycles. The van der Waals surface area contributed by atoms with Crippen LogP contribution < -0.4 is 15.4 Å². The van der Waals surface area contributed by atoms with Gasteiger partial charge in [0.15, 0.2) is 0 Å². The molecule has 7 nitrogen and oxygen atoms in total. The lowest BCUT2D eigenvalue weighted by atomic mass is 10.0. The molecule has 3 N–H and O–H groups in total. The zero-order valence-corrected chi connectivity index (χ0v) is 17.3. The quantitative estimate of drug-likeness (QED) is 0.661. The van der Waals surface area contributed by atoms with Crippen molar-refractivity contribution in [1.29, 1.82) is 5.41 Å². The fraction of sp³-hybridized carbons (Fsp3) is 0.450. The third-order valence-electron chi connectivity index (χ3n) is 4.84. The zero-order valence-electron chi connectivity index (χ0n) is 16.6. The smallest absolute Gasteiger partial charge is 0.221 e. The molecule has 1 aromatic rings. The molecule has 2 aliphatic rings. The van der Waals surface area contributed by atoms with Crippen LogP contribution in [0, 0.1) is 5.41 Å². The van der Waals surface area contributed by atoms with Crippen molar-refractivity contribution in [3.05, 3.63) is 40.6 Å². The number of ether oxygens (including phenoxy) is 1. The molecule has 28 heavy (non-hydrogen) atoms. The van der Waals surface area contributed by atoms with Crippen molar-refractivity contribution in [2.75, 3.05) is 26.7 Å². The van der Waals surface area contributed by atoms with Gasteiger partial charge in [0.2, 0.25) is 5.96 Å². The van der Waals surface area contributed by atoms with Gasteiger partial charge in [0.1, 0.15) is 11.5 Å². The van der Waals surface area contributed by atoms with E-state index in [1.165, 1.54) is 0 Å². The second-order valence-electron chi connectivity index (χ2n) is 6.99. The highest BCUT2D eigenvalue weighted by Crippen LogP contribution is 2.25. The summed E-state index contributed by atoms with van der Waals surface area (Å²) in [4.78, 5) is 2.43. The predicted molar refractivity (Wildman–Crippen MR) is 115 cm³/mol. The molecule has 2 aliphatic heterocycles. The van der Waals surface area contributed by atoms with Gasteiger partial charge in [-0.3, -0.25) is 0 Å². The maximum atomic E-state index is 7.88. The molecule has 0 bridgehead atoms. The van der Waals surface area contributed by atoms with E-state index < -0.39 is 0 Å². The van der Waals surface area contributed by atoms with E-state index in [-0.39, 0.29) is 0 Å². The summed E-state index contributed by atoms with van der Waals surface area (Å²) in [5.74, 6) is 1.28. The molecule has 0 radical (unpaired) electrons. The van der Waals surface area contributed by atoms with Crippen molar-refractivity contribution in [3.8, 4) is 5.75 Å². The molecular formula is C20H27ClN6O.